The number of nitrogens with zero attached hydrogens (tertiary/aromatic N) is 1. The number of methoxy groups -OCH3 is 1. The third-order valence-corrected chi connectivity index (χ3v) is 4.75. The van der Waals surface area contributed by atoms with E-state index in [0.717, 1.165) is 17.0 Å². The van der Waals surface area contributed by atoms with E-state index in [4.69, 9.17) is 4.74 Å². The Kier molecular flexibility index (Phi) is 5.51. The lowest BCUT2D eigenvalue weighted by Gasteiger charge is -2.04. The van der Waals surface area contributed by atoms with Gasteiger partial charge in [-0.05, 0) is 37.6 Å². The number of hydrogen-bond donors (Lipinski definition) is 3. The lowest BCUT2D eigenvalue weighted by atomic mass is 10.1. The molecule has 140 valence electrons. The molecular weight excluding hydrogens is 368 g/mol. The van der Waals surface area contributed by atoms with E-state index in [1.807, 2.05) is 29.6 Å². The molecule has 0 aliphatic carbocycles. The fourth-order valence-corrected chi connectivity index (χ4v) is 3.31. The predicted octanol–water partition coefficient (Wildman–Crippen LogP) is 2.08. The Morgan fingerprint density at radius 2 is 1.96 bits per heavy atom. The van der Waals surface area contributed by atoms with Crippen LogP contribution < -0.4 is 21.3 Å². The molecular formula is C18H18N4O4S. The second-order valence-corrected chi connectivity index (χ2v) is 6.68. The van der Waals surface area contributed by atoms with Crippen LogP contribution in [-0.2, 0) is 11.2 Å². The minimum Gasteiger partial charge on any atom is -0.497 e. The van der Waals surface area contributed by atoms with Crippen LogP contribution in [0, 0.1) is 6.92 Å². The van der Waals surface area contributed by atoms with Crippen LogP contribution in [-0.4, -0.2) is 28.0 Å². The first-order valence-electron chi connectivity index (χ1n) is 8.18. The SMILES string of the molecule is COc1ccc(-c2csc(NC(=O)CCc3c(C)[nH]c(=O)[nH]c3=O)n2)cc1. The number of carbonyl (C=O) groups excluding carboxylic acids is 1. The Morgan fingerprint density at radius 3 is 2.63 bits per heavy atom. The van der Waals surface area contributed by atoms with Crippen LogP contribution in [0.5, 0.6) is 5.75 Å². The smallest absolute Gasteiger partial charge is 0.325 e. The van der Waals surface area contributed by atoms with Gasteiger partial charge >= 0.3 is 5.69 Å². The number of amides is 1. The lowest BCUT2D eigenvalue weighted by molar-refractivity contribution is -0.116. The van der Waals surface area contributed by atoms with Gasteiger partial charge < -0.3 is 15.0 Å². The highest BCUT2D eigenvalue weighted by molar-refractivity contribution is 7.14. The summed E-state index contributed by atoms with van der Waals surface area (Å²) in [5, 5.41) is 5.07. The number of anilines is 1. The molecule has 2 heterocycles. The molecule has 1 amide bonds. The van der Waals surface area contributed by atoms with Crippen molar-refractivity contribution in [3.05, 3.63) is 61.7 Å². The van der Waals surface area contributed by atoms with Gasteiger partial charge in [-0.15, -0.1) is 11.3 Å². The van der Waals surface area contributed by atoms with Crippen molar-refractivity contribution in [1.29, 1.82) is 0 Å². The van der Waals surface area contributed by atoms with E-state index in [9.17, 15) is 14.4 Å². The largest absolute Gasteiger partial charge is 0.497 e. The van der Waals surface area contributed by atoms with Crippen LogP contribution in [0.15, 0.2) is 39.2 Å². The molecule has 3 N–H and O–H groups in total. The van der Waals surface area contributed by atoms with Crippen LogP contribution >= 0.6 is 11.3 Å². The molecule has 0 saturated carbocycles. The van der Waals surface area contributed by atoms with Crippen molar-refractivity contribution < 1.29 is 9.53 Å². The van der Waals surface area contributed by atoms with E-state index in [1.54, 1.807) is 14.0 Å². The zero-order chi connectivity index (χ0) is 19.4. The van der Waals surface area contributed by atoms with Gasteiger partial charge in [-0.3, -0.25) is 14.6 Å². The van der Waals surface area contributed by atoms with Gasteiger partial charge in [0.2, 0.25) is 5.91 Å². The number of thiazole rings is 1. The van der Waals surface area contributed by atoms with Crippen LogP contribution in [0.4, 0.5) is 5.13 Å². The number of aromatic amines is 2. The molecule has 3 aromatic rings. The fraction of sp³-hybridized carbons (Fsp3) is 0.222. The maximum absolute atomic E-state index is 12.2. The normalized spacial score (nSPS) is 10.6. The number of carbonyl (C=O) groups is 1. The molecule has 8 nitrogen and oxygen atoms in total. The van der Waals surface area contributed by atoms with Crippen molar-refractivity contribution in [3.63, 3.8) is 0 Å². The Labute approximate surface area is 158 Å². The molecule has 0 aliphatic rings. The molecule has 2 aromatic heterocycles. The number of ether oxygens (including phenoxy) is 1. The molecule has 0 atom stereocenters. The monoisotopic (exact) mass is 386 g/mol. The van der Waals surface area contributed by atoms with Crippen LogP contribution in [0.25, 0.3) is 11.3 Å². The average Bonchev–Trinajstić information content (AvgIpc) is 3.09. The standard InChI is InChI=1S/C18H18N4O4S/c1-10-13(16(24)22-17(25)19-10)7-8-15(23)21-18-20-14(9-27-18)11-3-5-12(26-2)6-4-11/h3-6,9H,7-8H2,1-2H3,(H,20,21,23)(H2,19,22,24,25). The Balaban J connectivity index is 1.62. The lowest BCUT2D eigenvalue weighted by Crippen LogP contribution is -2.27. The second-order valence-electron chi connectivity index (χ2n) is 5.83. The third kappa shape index (κ3) is 4.50. The molecule has 0 radical (unpaired) electrons. The molecule has 0 fully saturated rings. The van der Waals surface area contributed by atoms with E-state index in [2.05, 4.69) is 20.3 Å². The fourth-order valence-electron chi connectivity index (χ4n) is 2.57. The number of hydrogen-bond acceptors (Lipinski definition) is 6. The second kappa shape index (κ2) is 8.00. The molecule has 0 spiro atoms. The van der Waals surface area contributed by atoms with Crippen molar-refractivity contribution in [1.82, 2.24) is 15.0 Å². The number of aromatic nitrogens is 3. The van der Waals surface area contributed by atoms with Gasteiger partial charge in [-0.25, -0.2) is 9.78 Å². The van der Waals surface area contributed by atoms with E-state index in [-0.39, 0.29) is 18.7 Å². The summed E-state index contributed by atoms with van der Waals surface area (Å²) in [5.74, 6) is 0.505. The average molecular weight is 386 g/mol. The maximum atomic E-state index is 12.2. The van der Waals surface area contributed by atoms with E-state index in [0.29, 0.717) is 16.4 Å². The van der Waals surface area contributed by atoms with Crippen LogP contribution in [0.1, 0.15) is 17.7 Å². The van der Waals surface area contributed by atoms with Crippen molar-refractivity contribution in [2.75, 3.05) is 12.4 Å². The summed E-state index contributed by atoms with van der Waals surface area (Å²) in [7, 11) is 1.61. The molecule has 27 heavy (non-hydrogen) atoms. The number of H-pyrrole nitrogens is 2. The van der Waals surface area contributed by atoms with Crippen molar-refractivity contribution in [2.45, 2.75) is 19.8 Å². The highest BCUT2D eigenvalue weighted by Crippen LogP contribution is 2.26. The van der Waals surface area contributed by atoms with Gasteiger partial charge in [-0.2, -0.15) is 0 Å². The topological polar surface area (TPSA) is 117 Å². The Bertz CT molecular complexity index is 1070. The number of rotatable bonds is 6. The summed E-state index contributed by atoms with van der Waals surface area (Å²) < 4.78 is 5.13. The molecule has 1 aromatic carbocycles. The van der Waals surface area contributed by atoms with E-state index in [1.165, 1.54) is 11.3 Å². The first-order valence-corrected chi connectivity index (χ1v) is 9.06. The van der Waals surface area contributed by atoms with Crippen LogP contribution in [0.3, 0.4) is 0 Å². The first kappa shape index (κ1) is 18.6. The molecule has 0 unspecified atom stereocenters. The molecule has 3 rings (SSSR count). The third-order valence-electron chi connectivity index (χ3n) is 3.99. The summed E-state index contributed by atoms with van der Waals surface area (Å²) in [6.07, 6.45) is 0.327. The first-order chi connectivity index (χ1) is 13.0. The zero-order valence-electron chi connectivity index (χ0n) is 14.8. The van der Waals surface area contributed by atoms with Gasteiger partial charge in [0.15, 0.2) is 5.13 Å². The number of benzene rings is 1. The van der Waals surface area contributed by atoms with E-state index >= 15 is 0 Å². The Morgan fingerprint density at radius 1 is 1.22 bits per heavy atom. The summed E-state index contributed by atoms with van der Waals surface area (Å²) in [5.41, 5.74) is 1.50. The number of aryl methyl sites for hydroxylation is 1. The predicted molar refractivity (Wildman–Crippen MR) is 103 cm³/mol. The van der Waals surface area contributed by atoms with E-state index < -0.39 is 11.2 Å². The number of nitrogens with one attached hydrogen (secondary N) is 3. The Hall–Kier alpha value is -3.20. The minimum absolute atomic E-state index is 0.105. The maximum Gasteiger partial charge on any atom is 0.325 e. The minimum atomic E-state index is -0.556. The van der Waals surface area contributed by atoms with Crippen molar-refractivity contribution in [2.24, 2.45) is 0 Å². The molecule has 0 bridgehead atoms. The molecule has 0 saturated heterocycles. The van der Waals surface area contributed by atoms with Gasteiger partial charge in [0.1, 0.15) is 5.75 Å². The zero-order valence-corrected chi connectivity index (χ0v) is 15.6. The van der Waals surface area contributed by atoms with Crippen LogP contribution in [0.2, 0.25) is 0 Å². The summed E-state index contributed by atoms with van der Waals surface area (Å²) in [6.45, 7) is 1.63. The summed E-state index contributed by atoms with van der Waals surface area (Å²) >= 11 is 1.32. The van der Waals surface area contributed by atoms with Crippen molar-refractivity contribution >= 4 is 22.4 Å². The van der Waals surface area contributed by atoms with Gasteiger partial charge in [0.25, 0.3) is 5.56 Å². The summed E-state index contributed by atoms with van der Waals surface area (Å²) in [4.78, 5) is 44.3. The summed E-state index contributed by atoms with van der Waals surface area (Å²) in [6, 6.07) is 7.48. The molecule has 0 aliphatic heterocycles. The van der Waals surface area contributed by atoms with Gasteiger partial charge in [-0.1, -0.05) is 0 Å². The molecule has 9 heteroatoms. The van der Waals surface area contributed by atoms with Gasteiger partial charge in [0, 0.05) is 28.6 Å². The van der Waals surface area contributed by atoms with Crippen molar-refractivity contribution in [3.8, 4) is 17.0 Å². The highest BCUT2D eigenvalue weighted by atomic mass is 32.1. The highest BCUT2D eigenvalue weighted by Gasteiger charge is 2.11. The van der Waals surface area contributed by atoms with Gasteiger partial charge in [0.05, 0.1) is 12.8 Å². The quantitative estimate of drug-likeness (QED) is 0.600.